The molecule has 2 aliphatic rings. The summed E-state index contributed by atoms with van der Waals surface area (Å²) in [6.07, 6.45) is -9.44. The summed E-state index contributed by atoms with van der Waals surface area (Å²) in [5, 5.41) is 0. The molecule has 2 heterocycles. The van der Waals surface area contributed by atoms with Crippen molar-refractivity contribution in [1.29, 1.82) is 0 Å². The second kappa shape index (κ2) is 7.67. The van der Waals surface area contributed by atoms with Gasteiger partial charge < -0.3 is 19.1 Å². The van der Waals surface area contributed by atoms with Gasteiger partial charge in [-0.05, 0) is 42.3 Å². The Labute approximate surface area is 174 Å². The van der Waals surface area contributed by atoms with Crippen LogP contribution in [-0.2, 0) is 22.1 Å². The molecule has 2 aliphatic heterocycles. The van der Waals surface area contributed by atoms with E-state index in [9.17, 15) is 26.7 Å². The lowest BCUT2D eigenvalue weighted by Crippen LogP contribution is -2.46. The van der Waals surface area contributed by atoms with Gasteiger partial charge in [-0.1, -0.05) is 18.2 Å². The Bertz CT molecular complexity index is 994. The molecule has 4 rings (SSSR count). The summed E-state index contributed by atoms with van der Waals surface area (Å²) in [6.45, 7) is 2.06. The van der Waals surface area contributed by atoms with Gasteiger partial charge in [-0.15, -0.1) is 8.78 Å². The van der Waals surface area contributed by atoms with Gasteiger partial charge in [-0.3, -0.25) is 4.79 Å². The molecule has 5 nitrogen and oxygen atoms in total. The van der Waals surface area contributed by atoms with Crippen molar-refractivity contribution in [3.8, 4) is 11.5 Å². The van der Waals surface area contributed by atoms with Crippen LogP contribution in [0.15, 0.2) is 42.5 Å². The van der Waals surface area contributed by atoms with E-state index in [1.807, 2.05) is 0 Å². The molecular weight excluding hydrogens is 425 g/mol. The van der Waals surface area contributed by atoms with E-state index in [1.54, 1.807) is 6.92 Å². The molecule has 0 aromatic heterocycles. The molecule has 31 heavy (non-hydrogen) atoms. The van der Waals surface area contributed by atoms with Gasteiger partial charge in [0.2, 0.25) is 5.91 Å². The smallest absolute Gasteiger partial charge is 0.395 e. The number of morpholine rings is 1. The fraction of sp³-hybridized carbons (Fsp3) is 0.381. The molecule has 0 aliphatic carbocycles. The van der Waals surface area contributed by atoms with Gasteiger partial charge in [-0.25, -0.2) is 0 Å². The van der Waals surface area contributed by atoms with Crippen LogP contribution in [0.3, 0.4) is 0 Å². The van der Waals surface area contributed by atoms with Crippen LogP contribution in [0.5, 0.6) is 11.5 Å². The van der Waals surface area contributed by atoms with Crippen molar-refractivity contribution >= 4 is 5.91 Å². The van der Waals surface area contributed by atoms with Crippen LogP contribution in [0.1, 0.15) is 29.7 Å². The summed E-state index contributed by atoms with van der Waals surface area (Å²) in [4.78, 5) is 14.3. The van der Waals surface area contributed by atoms with Crippen LogP contribution < -0.4 is 9.47 Å². The van der Waals surface area contributed by atoms with Crippen molar-refractivity contribution in [2.75, 3.05) is 13.1 Å². The summed E-state index contributed by atoms with van der Waals surface area (Å²) in [7, 11) is 0. The topological polar surface area (TPSA) is 48.0 Å². The van der Waals surface area contributed by atoms with Crippen molar-refractivity contribution in [2.45, 2.75) is 38.0 Å². The lowest BCUT2D eigenvalue weighted by molar-refractivity contribution is -0.286. The summed E-state index contributed by atoms with van der Waals surface area (Å²) in [5.74, 6) is -0.587. The number of fused-ring (bicyclic) bond motifs is 1. The van der Waals surface area contributed by atoms with Gasteiger partial charge in [0.15, 0.2) is 11.5 Å². The first-order valence-corrected chi connectivity index (χ1v) is 9.49. The van der Waals surface area contributed by atoms with Crippen molar-refractivity contribution < 1.29 is 41.0 Å². The Morgan fingerprint density at radius 3 is 2.58 bits per heavy atom. The highest BCUT2D eigenvalue weighted by atomic mass is 19.4. The van der Waals surface area contributed by atoms with Crippen LogP contribution in [0, 0.1) is 0 Å². The molecule has 2 unspecified atom stereocenters. The first-order chi connectivity index (χ1) is 14.5. The molecule has 166 valence electrons. The standard InChI is InChI=1S/C21H18F5NO4/c1-12-10-27(11-18(29-12)14-3-2-4-15(9-14)20(22,23)24)19(28)8-13-5-6-16-17(7-13)31-21(25,26)30-16/h2-7,9,12,18H,8,10-11H2,1H3. The van der Waals surface area contributed by atoms with E-state index in [-0.39, 0.29) is 36.9 Å². The zero-order valence-corrected chi connectivity index (χ0v) is 16.3. The minimum absolute atomic E-state index is 0.0765. The van der Waals surface area contributed by atoms with E-state index in [4.69, 9.17) is 4.74 Å². The second-order valence-corrected chi connectivity index (χ2v) is 7.48. The molecular formula is C21H18F5NO4. The van der Waals surface area contributed by atoms with Crippen molar-refractivity contribution in [3.05, 3.63) is 59.2 Å². The first-order valence-electron chi connectivity index (χ1n) is 9.49. The highest BCUT2D eigenvalue weighted by molar-refractivity contribution is 5.79. The number of carbonyl (C=O) groups excluding carboxylic acids is 1. The average Bonchev–Trinajstić information content (AvgIpc) is 3.00. The number of benzene rings is 2. The average molecular weight is 443 g/mol. The summed E-state index contributed by atoms with van der Waals surface area (Å²) >= 11 is 0. The van der Waals surface area contributed by atoms with Crippen molar-refractivity contribution in [3.63, 3.8) is 0 Å². The predicted octanol–water partition coefficient (Wildman–Crippen LogP) is 4.56. The number of ether oxygens (including phenoxy) is 3. The van der Waals surface area contributed by atoms with Crippen LogP contribution in [0.2, 0.25) is 0 Å². The third-order valence-corrected chi connectivity index (χ3v) is 5.02. The van der Waals surface area contributed by atoms with Crippen molar-refractivity contribution in [2.24, 2.45) is 0 Å². The second-order valence-electron chi connectivity index (χ2n) is 7.48. The first kappa shape index (κ1) is 21.4. The van der Waals surface area contributed by atoms with E-state index in [1.165, 1.54) is 35.2 Å². The molecule has 1 saturated heterocycles. The summed E-state index contributed by atoms with van der Waals surface area (Å²) in [6, 6.07) is 8.91. The highest BCUT2D eigenvalue weighted by Crippen LogP contribution is 2.41. The van der Waals surface area contributed by atoms with Crippen LogP contribution in [0.25, 0.3) is 0 Å². The number of carbonyl (C=O) groups is 1. The van der Waals surface area contributed by atoms with E-state index < -0.39 is 30.2 Å². The number of hydrogen-bond donors (Lipinski definition) is 0. The van der Waals surface area contributed by atoms with Gasteiger partial charge in [0.25, 0.3) is 0 Å². The van der Waals surface area contributed by atoms with Gasteiger partial charge in [0.05, 0.1) is 24.6 Å². The minimum Gasteiger partial charge on any atom is -0.395 e. The molecule has 2 aromatic carbocycles. The summed E-state index contributed by atoms with van der Waals surface area (Å²) in [5.41, 5.74) is -0.0221. The van der Waals surface area contributed by atoms with E-state index >= 15 is 0 Å². The maximum absolute atomic E-state index is 13.2. The normalized spacial score (nSPS) is 22.5. The lowest BCUT2D eigenvalue weighted by Gasteiger charge is -2.37. The molecule has 2 aromatic rings. The molecule has 0 bridgehead atoms. The Hall–Kier alpha value is -2.88. The number of amides is 1. The third kappa shape index (κ3) is 4.73. The molecule has 2 atom stereocenters. The number of nitrogens with zero attached hydrogens (tertiary/aromatic N) is 1. The highest BCUT2D eigenvalue weighted by Gasteiger charge is 2.43. The number of alkyl halides is 5. The maximum Gasteiger partial charge on any atom is 0.586 e. The SMILES string of the molecule is CC1CN(C(=O)Cc2ccc3c(c2)OC(F)(F)O3)CC(c2cccc(C(F)(F)F)c2)O1. The molecule has 0 saturated carbocycles. The van der Waals surface area contributed by atoms with Crippen LogP contribution in [0.4, 0.5) is 22.0 Å². The van der Waals surface area contributed by atoms with Crippen LogP contribution >= 0.6 is 0 Å². The van der Waals surface area contributed by atoms with Gasteiger partial charge in [-0.2, -0.15) is 13.2 Å². The Morgan fingerprint density at radius 1 is 1.10 bits per heavy atom. The Morgan fingerprint density at radius 2 is 1.84 bits per heavy atom. The molecule has 0 N–H and O–H groups in total. The lowest BCUT2D eigenvalue weighted by atomic mass is 10.0. The van der Waals surface area contributed by atoms with Gasteiger partial charge in [0.1, 0.15) is 6.10 Å². The summed E-state index contributed by atoms with van der Waals surface area (Å²) < 4.78 is 79.9. The van der Waals surface area contributed by atoms with Gasteiger partial charge in [0, 0.05) is 6.54 Å². The third-order valence-electron chi connectivity index (χ3n) is 5.02. The van der Waals surface area contributed by atoms with E-state index in [2.05, 4.69) is 9.47 Å². The molecule has 10 heteroatoms. The zero-order valence-electron chi connectivity index (χ0n) is 16.3. The maximum atomic E-state index is 13.2. The quantitative estimate of drug-likeness (QED) is 0.653. The van der Waals surface area contributed by atoms with E-state index in [0.717, 1.165) is 12.1 Å². The number of hydrogen-bond acceptors (Lipinski definition) is 4. The molecule has 1 fully saturated rings. The monoisotopic (exact) mass is 443 g/mol. The van der Waals surface area contributed by atoms with Gasteiger partial charge >= 0.3 is 12.5 Å². The molecule has 1 amide bonds. The molecule has 0 radical (unpaired) electrons. The minimum atomic E-state index is -4.48. The Balaban J connectivity index is 1.47. The number of halogens is 5. The van der Waals surface area contributed by atoms with Crippen LogP contribution in [-0.4, -0.2) is 36.3 Å². The molecule has 0 spiro atoms. The van der Waals surface area contributed by atoms with E-state index in [0.29, 0.717) is 11.1 Å². The fourth-order valence-electron chi connectivity index (χ4n) is 3.64. The fourth-order valence-corrected chi connectivity index (χ4v) is 3.64. The number of rotatable bonds is 3. The zero-order chi connectivity index (χ0) is 22.4. The predicted molar refractivity (Wildman–Crippen MR) is 97.7 cm³/mol. The van der Waals surface area contributed by atoms with Crippen molar-refractivity contribution in [1.82, 2.24) is 4.90 Å². The largest absolute Gasteiger partial charge is 0.586 e. The Kier molecular flexibility index (Phi) is 5.28.